The zero-order chi connectivity index (χ0) is 18.2. The van der Waals surface area contributed by atoms with Crippen LogP contribution in [0.5, 0.6) is 0 Å². The fraction of sp³-hybridized carbons (Fsp3) is 0.467. The van der Waals surface area contributed by atoms with Crippen LogP contribution in [0.1, 0.15) is 11.3 Å². The Morgan fingerprint density at radius 3 is 2.92 bits per heavy atom. The number of ether oxygens (including phenoxy) is 1. The lowest BCUT2D eigenvalue weighted by molar-refractivity contribution is -0.146. The maximum absolute atomic E-state index is 12.0. The number of nitrogens with zero attached hydrogens (tertiary/aromatic N) is 1. The van der Waals surface area contributed by atoms with Crippen LogP contribution in [0.3, 0.4) is 0 Å². The van der Waals surface area contributed by atoms with Gasteiger partial charge in [0.2, 0.25) is 11.8 Å². The zero-order valence-electron chi connectivity index (χ0n) is 13.7. The Labute approximate surface area is 148 Å². The molecule has 1 atom stereocenters. The lowest BCUT2D eigenvalue weighted by Crippen LogP contribution is -2.58. The van der Waals surface area contributed by atoms with Crippen molar-refractivity contribution in [2.45, 2.75) is 19.0 Å². The highest BCUT2D eigenvalue weighted by Gasteiger charge is 2.33. The summed E-state index contributed by atoms with van der Waals surface area (Å²) in [5.41, 5.74) is 0. The van der Waals surface area contributed by atoms with E-state index in [0.717, 1.165) is 4.88 Å². The number of imide groups is 1. The summed E-state index contributed by atoms with van der Waals surface area (Å²) in [5, 5.41) is 9.34. The van der Waals surface area contributed by atoms with Crippen molar-refractivity contribution in [1.82, 2.24) is 20.9 Å². The monoisotopic (exact) mass is 368 g/mol. The van der Waals surface area contributed by atoms with Crippen LogP contribution in [0, 0.1) is 0 Å². The first-order valence-electron chi connectivity index (χ1n) is 7.68. The summed E-state index contributed by atoms with van der Waals surface area (Å²) < 4.78 is 4.58. The van der Waals surface area contributed by atoms with Gasteiger partial charge < -0.3 is 15.4 Å². The molecule has 4 amide bonds. The van der Waals surface area contributed by atoms with E-state index in [2.05, 4.69) is 20.7 Å². The first kappa shape index (κ1) is 18.9. The molecule has 1 fully saturated rings. The summed E-state index contributed by atoms with van der Waals surface area (Å²) in [6.45, 7) is 0.932. The number of nitrogens with one attached hydrogen (secondary N) is 3. The van der Waals surface area contributed by atoms with Gasteiger partial charge in [0, 0.05) is 18.0 Å². The minimum atomic E-state index is -0.791. The highest BCUT2D eigenvalue weighted by Crippen LogP contribution is 2.09. The third-order valence-corrected chi connectivity index (χ3v) is 4.51. The van der Waals surface area contributed by atoms with Gasteiger partial charge in [0.1, 0.15) is 6.04 Å². The first-order chi connectivity index (χ1) is 12.0. The number of rotatable bonds is 6. The van der Waals surface area contributed by atoms with Crippen molar-refractivity contribution in [2.75, 3.05) is 26.7 Å². The molecule has 136 valence electrons. The molecule has 9 nitrogen and oxygen atoms in total. The molecule has 1 saturated heterocycles. The van der Waals surface area contributed by atoms with E-state index >= 15 is 0 Å². The van der Waals surface area contributed by atoms with Crippen LogP contribution in [0.2, 0.25) is 0 Å². The summed E-state index contributed by atoms with van der Waals surface area (Å²) in [4.78, 5) is 49.7. The molecule has 2 rings (SSSR count). The van der Waals surface area contributed by atoms with E-state index in [1.165, 1.54) is 18.4 Å². The van der Waals surface area contributed by atoms with E-state index in [0.29, 0.717) is 19.6 Å². The molecule has 3 N–H and O–H groups in total. The number of thiophene rings is 1. The quantitative estimate of drug-likeness (QED) is 0.580. The van der Waals surface area contributed by atoms with Crippen LogP contribution in [0.15, 0.2) is 17.5 Å². The van der Waals surface area contributed by atoms with E-state index < -0.39 is 23.9 Å². The number of urea groups is 1. The van der Waals surface area contributed by atoms with Crippen LogP contribution >= 0.6 is 11.3 Å². The molecule has 1 aliphatic heterocycles. The SMILES string of the molecule is COC(=O)CC1C(=O)NCCN1CC(=O)NC(=O)NCc1cccs1. The van der Waals surface area contributed by atoms with E-state index in [1.807, 2.05) is 17.5 Å². The van der Waals surface area contributed by atoms with Gasteiger partial charge in [0.25, 0.3) is 0 Å². The summed E-state index contributed by atoms with van der Waals surface area (Å²) in [6.07, 6.45) is -0.153. The average molecular weight is 368 g/mol. The van der Waals surface area contributed by atoms with E-state index in [-0.39, 0.29) is 18.9 Å². The lowest BCUT2D eigenvalue weighted by Gasteiger charge is -2.33. The maximum Gasteiger partial charge on any atom is 0.321 e. The molecule has 0 aliphatic carbocycles. The number of hydrogen-bond donors (Lipinski definition) is 3. The van der Waals surface area contributed by atoms with Crippen LogP contribution in [0.25, 0.3) is 0 Å². The second-order valence-electron chi connectivity index (χ2n) is 5.37. The molecule has 2 heterocycles. The third-order valence-electron chi connectivity index (χ3n) is 3.63. The molecule has 1 unspecified atom stereocenters. The van der Waals surface area contributed by atoms with Crippen LogP contribution in [-0.2, 0) is 25.7 Å². The fourth-order valence-electron chi connectivity index (χ4n) is 2.39. The fourth-order valence-corrected chi connectivity index (χ4v) is 3.03. The second kappa shape index (κ2) is 9.14. The van der Waals surface area contributed by atoms with Gasteiger partial charge in [-0.25, -0.2) is 4.79 Å². The van der Waals surface area contributed by atoms with Gasteiger partial charge in [0.05, 0.1) is 26.6 Å². The standard InChI is InChI=1S/C15H20N4O5S/c1-24-13(21)7-11-14(22)16-4-5-19(11)9-12(20)18-15(23)17-8-10-3-2-6-25-10/h2-3,6,11H,4-5,7-9H2,1H3,(H,16,22)(H2,17,18,20,23). The van der Waals surface area contributed by atoms with E-state index in [4.69, 9.17) is 0 Å². The molecular weight excluding hydrogens is 348 g/mol. The Hall–Kier alpha value is -2.46. The highest BCUT2D eigenvalue weighted by atomic mass is 32.1. The molecule has 0 bridgehead atoms. The number of esters is 1. The third kappa shape index (κ3) is 5.84. The minimum Gasteiger partial charge on any atom is -0.469 e. The number of carbonyl (C=O) groups excluding carboxylic acids is 4. The molecule has 1 aromatic rings. The molecule has 25 heavy (non-hydrogen) atoms. The largest absolute Gasteiger partial charge is 0.469 e. The van der Waals surface area contributed by atoms with Gasteiger partial charge >= 0.3 is 12.0 Å². The molecular formula is C15H20N4O5S. The van der Waals surface area contributed by atoms with Crippen molar-refractivity contribution in [3.05, 3.63) is 22.4 Å². The predicted molar refractivity (Wildman–Crippen MR) is 89.7 cm³/mol. The van der Waals surface area contributed by atoms with Crippen LogP contribution < -0.4 is 16.0 Å². The summed E-state index contributed by atoms with van der Waals surface area (Å²) in [6, 6.07) is 2.34. The maximum atomic E-state index is 12.0. The molecule has 1 aromatic heterocycles. The topological polar surface area (TPSA) is 117 Å². The molecule has 10 heteroatoms. The van der Waals surface area contributed by atoms with Gasteiger partial charge in [-0.05, 0) is 11.4 Å². The lowest BCUT2D eigenvalue weighted by atomic mass is 10.1. The Balaban J connectivity index is 1.83. The number of piperazine rings is 1. The summed E-state index contributed by atoms with van der Waals surface area (Å²) >= 11 is 1.50. The number of methoxy groups -OCH3 is 1. The molecule has 0 aromatic carbocycles. The Morgan fingerprint density at radius 2 is 2.24 bits per heavy atom. The first-order valence-corrected chi connectivity index (χ1v) is 8.56. The molecule has 0 saturated carbocycles. The number of hydrogen-bond acceptors (Lipinski definition) is 7. The molecule has 0 spiro atoms. The second-order valence-corrected chi connectivity index (χ2v) is 6.40. The normalized spacial score (nSPS) is 17.5. The van der Waals surface area contributed by atoms with Crippen molar-refractivity contribution >= 4 is 35.2 Å². The van der Waals surface area contributed by atoms with Gasteiger partial charge in [-0.1, -0.05) is 6.07 Å². The number of amides is 4. The van der Waals surface area contributed by atoms with Gasteiger partial charge in [-0.3, -0.25) is 24.6 Å². The summed E-state index contributed by atoms with van der Waals surface area (Å²) in [5.74, 6) is -1.43. The zero-order valence-corrected chi connectivity index (χ0v) is 14.6. The molecule has 1 aliphatic rings. The van der Waals surface area contributed by atoms with Crippen molar-refractivity contribution in [2.24, 2.45) is 0 Å². The van der Waals surface area contributed by atoms with Crippen molar-refractivity contribution < 1.29 is 23.9 Å². The van der Waals surface area contributed by atoms with E-state index in [1.54, 1.807) is 4.90 Å². The molecule has 0 radical (unpaired) electrons. The van der Waals surface area contributed by atoms with Crippen molar-refractivity contribution in [1.29, 1.82) is 0 Å². The van der Waals surface area contributed by atoms with E-state index in [9.17, 15) is 19.2 Å². The average Bonchev–Trinajstić information content (AvgIpc) is 3.09. The predicted octanol–water partition coefficient (Wildman–Crippen LogP) is -0.563. The van der Waals surface area contributed by atoms with Crippen molar-refractivity contribution in [3.8, 4) is 0 Å². The van der Waals surface area contributed by atoms with Crippen LogP contribution in [-0.4, -0.2) is 61.5 Å². The minimum absolute atomic E-state index is 0.153. The smallest absolute Gasteiger partial charge is 0.321 e. The summed E-state index contributed by atoms with van der Waals surface area (Å²) in [7, 11) is 1.23. The Kier molecular flexibility index (Phi) is 6.90. The van der Waals surface area contributed by atoms with Gasteiger partial charge in [-0.2, -0.15) is 0 Å². The van der Waals surface area contributed by atoms with Crippen molar-refractivity contribution in [3.63, 3.8) is 0 Å². The Bertz CT molecular complexity index is 634. The van der Waals surface area contributed by atoms with Crippen LogP contribution in [0.4, 0.5) is 4.79 Å². The van der Waals surface area contributed by atoms with Gasteiger partial charge in [0.15, 0.2) is 0 Å². The number of carbonyl (C=O) groups is 4. The highest BCUT2D eigenvalue weighted by molar-refractivity contribution is 7.09. The Morgan fingerprint density at radius 1 is 1.44 bits per heavy atom. The van der Waals surface area contributed by atoms with Gasteiger partial charge in [-0.15, -0.1) is 11.3 Å².